The van der Waals surface area contributed by atoms with E-state index >= 15 is 4.79 Å². The van der Waals surface area contributed by atoms with Crippen molar-refractivity contribution in [3.8, 4) is 0 Å². The molecule has 6 N–H and O–H groups in total. The molecule has 0 bridgehead atoms. The predicted molar refractivity (Wildman–Crippen MR) is 544 cm³/mol. The summed E-state index contributed by atoms with van der Waals surface area (Å²) in [6.45, 7) is 38.5. The van der Waals surface area contributed by atoms with Gasteiger partial charge in [-0.3, -0.25) is 39.4 Å². The Morgan fingerprint density at radius 2 is 0.731 bits per heavy atom. The normalized spacial score (nSPS) is 17.4. The van der Waals surface area contributed by atoms with Gasteiger partial charge in [0.25, 0.3) is 0 Å². The number of esters is 2. The van der Waals surface area contributed by atoms with Gasteiger partial charge in [-0.1, -0.05) is 285 Å². The summed E-state index contributed by atoms with van der Waals surface area (Å²) in [4.78, 5) is 140. The number of nitrogens with one attached hydrogen (secondary N) is 3. The maximum absolute atomic E-state index is 15.2. The van der Waals surface area contributed by atoms with Gasteiger partial charge in [0.05, 0.1) is 54.2 Å². The lowest BCUT2D eigenvalue weighted by Gasteiger charge is -2.53. The summed E-state index contributed by atoms with van der Waals surface area (Å²) < 4.78 is 35.7. The molecule has 5 amide bonds. The van der Waals surface area contributed by atoms with Gasteiger partial charge in [0.1, 0.15) is 35.3 Å². The van der Waals surface area contributed by atoms with E-state index in [9.17, 15) is 48.3 Å². The summed E-state index contributed by atoms with van der Waals surface area (Å²) in [6, 6.07) is 76.2. The molecule has 27 heteroatoms. The van der Waals surface area contributed by atoms with E-state index in [0.29, 0.717) is 33.8 Å². The molecule has 3 aliphatic rings. The van der Waals surface area contributed by atoms with Crippen LogP contribution in [0.15, 0.2) is 280 Å². The molecule has 0 radical (unpaired) electrons. The first kappa shape index (κ1) is 104. The van der Waals surface area contributed by atoms with Crippen molar-refractivity contribution in [1.29, 1.82) is 0 Å². The lowest BCUT2D eigenvalue weighted by molar-refractivity contribution is -0.157. The molecule has 9 aromatic rings. The molecule has 3 saturated heterocycles. The predicted octanol–water partition coefficient (Wildman–Crippen LogP) is 17.7. The molecule has 0 aromatic heterocycles. The molecule has 0 spiro atoms. The van der Waals surface area contributed by atoms with E-state index in [0.717, 1.165) is 31.8 Å². The molecule has 3 heterocycles. The standard InChI is InChI=1S/C47H57N2O7PSi.C36H35N2O5P.C24H38N2O5Si/c1-11-30-54-44(52)43(57(36-24-15-12-16-25-36,37-26-17-13-18-27-37)38-28-19-14-20-29-38)49-39(41(42(49)51)33(2)56-58(9,10)47(6,7)8)32-40(50)34-22-21-23-35(31-34)48-45(53)55-46(3,4)5;1-3-22-43-36(42)35(38-31(33(25(2)39)34(38)41)24-32(40)26-14-13-15-27(37)23-26)44(28-16-7-4-8-17-28,29-18-9-5-10-19-29)30-20-11-6-12-21-30;1-15(31-32(8,9)24(5,6)7)20-18(26-21(20)28)14-19(27)16-11-10-12-17(13-16)25-22(29)30-23(2,3)4/h11-29,31,33,39,41H,1,30,32H2,2-10H3,(H,48,53);3-21,23,25,31,33,39H,1,22,24,37H2,2H3;10-13,15,18,20H,14H2,1-9H3,(H,25,29)(H,26,28)/t33-,39-,41-;25-,31-,33-;15-,18-,20-/m111/s1. The van der Waals surface area contributed by atoms with Crippen molar-refractivity contribution in [3.05, 3.63) is 297 Å². The number of rotatable bonds is 32. The molecule has 9 atom stereocenters. The van der Waals surface area contributed by atoms with Gasteiger partial charge in [0.15, 0.2) is 34.0 Å². The second-order valence-electron chi connectivity index (χ2n) is 38.8. The molecular formula is C107H130N6O17P2Si2. The van der Waals surface area contributed by atoms with Gasteiger partial charge < -0.3 is 53.8 Å². The van der Waals surface area contributed by atoms with Gasteiger partial charge in [-0.2, -0.15) is 0 Å². The second kappa shape index (κ2) is 44.0. The van der Waals surface area contributed by atoms with Crippen LogP contribution in [-0.2, 0) is 51.8 Å². The Balaban J connectivity index is 0.000000217. The number of likely N-dealkylation sites (tertiary alicyclic amines) is 2. The molecule has 3 fully saturated rings. The molecule has 12 rings (SSSR count). The van der Waals surface area contributed by atoms with E-state index in [-0.39, 0.29) is 101 Å². The maximum Gasteiger partial charge on any atom is 0.412 e. The minimum atomic E-state index is -3.23. The largest absolute Gasteiger partial charge is 0.457 e. The number of benzene rings is 9. The number of nitrogens with zero attached hydrogens (tertiary/aromatic N) is 2. The lowest BCUT2D eigenvalue weighted by atomic mass is 9.79. The number of nitrogen functional groups attached to an aromatic ring is 1. The highest BCUT2D eigenvalue weighted by atomic mass is 31.2. The second-order valence-corrected chi connectivity index (χ2v) is 55.0. The maximum atomic E-state index is 15.2. The number of carbonyl (C=O) groups is 10. The van der Waals surface area contributed by atoms with Crippen LogP contribution in [0.25, 0.3) is 0 Å². The highest BCUT2D eigenvalue weighted by molar-refractivity contribution is 7.97. The Labute approximate surface area is 791 Å². The average molecular weight is 1890 g/mol. The smallest absolute Gasteiger partial charge is 0.412 e. The summed E-state index contributed by atoms with van der Waals surface area (Å²) in [5, 5.41) is 23.9. The molecule has 0 unspecified atom stereocenters. The summed E-state index contributed by atoms with van der Waals surface area (Å²) >= 11 is 0. The highest BCUT2D eigenvalue weighted by Crippen LogP contribution is 2.53. The molecule has 3 aliphatic heterocycles. The van der Waals surface area contributed by atoms with Crippen molar-refractivity contribution in [2.75, 3.05) is 29.6 Å². The van der Waals surface area contributed by atoms with Gasteiger partial charge in [-0.15, -0.1) is 0 Å². The zero-order valence-electron chi connectivity index (χ0n) is 80.4. The average Bonchev–Trinajstić information content (AvgIpc) is 0.702. The molecular weight excluding hydrogens is 1760 g/mol. The first-order valence-electron chi connectivity index (χ1n) is 45.2. The minimum Gasteiger partial charge on any atom is -0.457 e. The van der Waals surface area contributed by atoms with Gasteiger partial charge in [0, 0.05) is 66.8 Å². The van der Waals surface area contributed by atoms with E-state index in [4.69, 9.17) is 33.5 Å². The van der Waals surface area contributed by atoms with Crippen LogP contribution in [0.3, 0.4) is 0 Å². The topological polar surface area (TPSA) is 315 Å². The fraction of sp³-hybridized carbons (Fsp3) is 0.346. The van der Waals surface area contributed by atoms with Crippen LogP contribution in [0.5, 0.6) is 0 Å². The summed E-state index contributed by atoms with van der Waals surface area (Å²) in [6.07, 6.45) is -0.226. The van der Waals surface area contributed by atoms with Gasteiger partial charge >= 0.3 is 24.1 Å². The Morgan fingerprint density at radius 1 is 0.433 bits per heavy atom. The van der Waals surface area contributed by atoms with Crippen molar-refractivity contribution in [2.45, 2.75) is 207 Å². The Hall–Kier alpha value is -11.9. The van der Waals surface area contributed by atoms with Crippen molar-refractivity contribution >= 4 is 149 Å². The number of carbonyl (C=O) groups excluding carboxylic acids is 10. The minimum absolute atomic E-state index is 0.0361. The van der Waals surface area contributed by atoms with Gasteiger partial charge in [-0.05, 0) is 167 Å². The Bertz CT molecular complexity index is 5650. The fourth-order valence-corrected chi connectivity index (χ4v) is 28.1. The zero-order valence-corrected chi connectivity index (χ0v) is 84.2. The number of hydrogen-bond donors (Lipinski definition) is 5. The Morgan fingerprint density at radius 3 is 1.03 bits per heavy atom. The van der Waals surface area contributed by atoms with E-state index < -0.39 is 108 Å². The number of aliphatic hydroxyl groups excluding tert-OH is 1. The van der Waals surface area contributed by atoms with Crippen LogP contribution in [0.4, 0.5) is 26.7 Å². The first-order chi connectivity index (χ1) is 63.1. The number of β-lactam (4-membered cyclic amide) rings is 3. The van der Waals surface area contributed by atoms with Crippen LogP contribution in [0, 0.1) is 17.8 Å². The number of amides is 5. The number of Topliss-reactive ketones (excluding diaryl/α,β-unsaturated/α-hetero) is 3. The van der Waals surface area contributed by atoms with Crippen molar-refractivity contribution in [1.82, 2.24) is 15.1 Å². The molecule has 0 saturated carbocycles. The fourth-order valence-electron chi connectivity index (χ4n) is 16.5. The summed E-state index contributed by atoms with van der Waals surface area (Å²) in [5.41, 5.74) is 7.45. The zero-order chi connectivity index (χ0) is 98.2. The van der Waals surface area contributed by atoms with Crippen LogP contribution < -0.4 is 53.5 Å². The van der Waals surface area contributed by atoms with Crippen molar-refractivity contribution in [2.24, 2.45) is 17.8 Å². The lowest BCUT2D eigenvalue weighted by Crippen LogP contribution is -2.69. The number of nitrogens with two attached hydrogens (primary N) is 1. The molecule has 9 aromatic carbocycles. The number of ether oxygens (including phenoxy) is 4. The van der Waals surface area contributed by atoms with Gasteiger partial charge in [0.2, 0.25) is 17.7 Å². The van der Waals surface area contributed by atoms with E-state index in [1.54, 1.807) is 119 Å². The van der Waals surface area contributed by atoms with Crippen LogP contribution in [-0.4, -0.2) is 162 Å². The van der Waals surface area contributed by atoms with Gasteiger partial charge in [-0.25, -0.2) is 19.2 Å². The van der Waals surface area contributed by atoms with Crippen LogP contribution in [0.1, 0.15) is 154 Å². The molecule has 708 valence electrons. The van der Waals surface area contributed by atoms with E-state index in [1.807, 2.05) is 196 Å². The SMILES string of the molecule is C=CCOC(=O)C(N1C(=O)[C@H]([C@@H](C)O)[C@H]1CC(=O)c1cccc(N)c1)=P(c1ccccc1)(c1ccccc1)c1ccccc1.C=CCOC(=O)C(N1C(=O)[C@H]([C@@H](C)O[Si](C)(C)C(C)(C)C)[C@H]1CC(=O)c1cccc(NC(=O)OC(C)(C)C)c1)=P(c1ccccc1)(c1ccccc1)c1ccccc1.C[C@@H](O[Si](C)(C)C(C)(C)C)[C@H]1C(=O)N[C@@H]1CC(=O)c1cccc(NC(=O)OC(C)(C)C)c1. The monoisotopic (exact) mass is 1890 g/mol. The summed E-state index contributed by atoms with van der Waals surface area (Å²) in [7, 11) is -4.44. The molecule has 134 heavy (non-hydrogen) atoms. The number of ketones is 3. The first-order valence-corrected chi connectivity index (χ1v) is 54.6. The van der Waals surface area contributed by atoms with Crippen LogP contribution >= 0.6 is 13.8 Å². The highest BCUT2D eigenvalue weighted by Gasteiger charge is 2.59. The molecule has 23 nitrogen and oxygen atoms in total. The Kier molecular flexibility index (Phi) is 34.2. The third kappa shape index (κ3) is 24.4. The molecule has 0 aliphatic carbocycles. The van der Waals surface area contributed by atoms with Crippen molar-refractivity contribution < 1.29 is 80.9 Å². The number of anilines is 3. The van der Waals surface area contributed by atoms with E-state index in [1.165, 1.54) is 24.0 Å². The number of aliphatic hydroxyl groups is 1. The quantitative estimate of drug-likeness (QED) is 0.00382. The third-order valence-electron chi connectivity index (χ3n) is 24.8. The van der Waals surface area contributed by atoms with E-state index in [2.05, 4.69) is 96.8 Å². The third-order valence-corrected chi connectivity index (χ3v) is 42.4. The van der Waals surface area contributed by atoms with Crippen molar-refractivity contribution in [3.63, 3.8) is 0 Å². The van der Waals surface area contributed by atoms with Crippen LogP contribution in [0.2, 0.25) is 36.3 Å². The summed E-state index contributed by atoms with van der Waals surface area (Å²) in [5.74, 6) is -4.83. The number of hydrogen-bond acceptors (Lipinski definition) is 18.